The van der Waals surface area contributed by atoms with E-state index in [1.165, 1.54) is 5.56 Å². The molecule has 168 valence electrons. The smallest absolute Gasteiger partial charge is 0.258 e. The molecular weight excluding hydrogens is 447 g/mol. The zero-order valence-electron chi connectivity index (χ0n) is 18.1. The fraction of sp³-hybridized carbons (Fsp3) is 0.440. The molecule has 3 fully saturated rings. The number of amides is 2. The molecule has 7 heteroatoms. The largest absolute Gasteiger partial charge is 0.484 e. The number of fused-ring (bicyclic) bond motifs is 1. The SMILES string of the molecule is C[C@@]12CN(C(=O)C3CC3c3ccc(Cl)cc3)C[C@]1(C)C2NC(=O)COc1ccc(Cl)cc1. The highest BCUT2D eigenvalue weighted by Crippen LogP contribution is 2.68. The summed E-state index contributed by atoms with van der Waals surface area (Å²) in [5, 5.41) is 4.46. The van der Waals surface area contributed by atoms with Crippen LogP contribution in [0, 0.1) is 16.7 Å². The van der Waals surface area contributed by atoms with Crippen molar-refractivity contribution in [3.63, 3.8) is 0 Å². The number of nitrogens with zero attached hydrogens (tertiary/aromatic N) is 1. The van der Waals surface area contributed by atoms with E-state index in [9.17, 15) is 9.59 Å². The van der Waals surface area contributed by atoms with E-state index in [1.54, 1.807) is 24.3 Å². The Morgan fingerprint density at radius 3 is 2.16 bits per heavy atom. The molecule has 1 N–H and O–H groups in total. The van der Waals surface area contributed by atoms with Crippen molar-refractivity contribution in [2.24, 2.45) is 16.7 Å². The molecule has 1 heterocycles. The fourth-order valence-electron chi connectivity index (χ4n) is 5.49. The minimum absolute atomic E-state index is 0.0439. The number of hydrogen-bond acceptors (Lipinski definition) is 3. The van der Waals surface area contributed by atoms with Crippen molar-refractivity contribution in [3.8, 4) is 5.75 Å². The molecule has 5 nitrogen and oxygen atoms in total. The lowest BCUT2D eigenvalue weighted by atomic mass is 10.0. The summed E-state index contributed by atoms with van der Waals surface area (Å²) >= 11 is 11.9. The number of rotatable bonds is 6. The summed E-state index contributed by atoms with van der Waals surface area (Å²) in [7, 11) is 0. The molecule has 5 rings (SSSR count). The van der Waals surface area contributed by atoms with Crippen molar-refractivity contribution >= 4 is 35.0 Å². The van der Waals surface area contributed by atoms with Crippen LogP contribution >= 0.6 is 23.2 Å². The van der Waals surface area contributed by atoms with Crippen molar-refractivity contribution in [3.05, 3.63) is 64.1 Å². The molecule has 3 unspecified atom stereocenters. The number of carbonyl (C=O) groups excluding carboxylic acids is 2. The van der Waals surface area contributed by atoms with Gasteiger partial charge < -0.3 is 15.0 Å². The first kappa shape index (κ1) is 21.6. The van der Waals surface area contributed by atoms with Gasteiger partial charge in [-0.3, -0.25) is 9.59 Å². The summed E-state index contributed by atoms with van der Waals surface area (Å²) in [5.74, 6) is 1.04. The molecule has 0 aromatic heterocycles. The van der Waals surface area contributed by atoms with Gasteiger partial charge in [0.1, 0.15) is 5.75 Å². The molecule has 1 saturated heterocycles. The molecule has 3 aliphatic rings. The maximum Gasteiger partial charge on any atom is 0.258 e. The maximum atomic E-state index is 13.1. The van der Waals surface area contributed by atoms with Gasteiger partial charge in [0.2, 0.25) is 5.91 Å². The molecule has 2 aromatic rings. The molecule has 0 spiro atoms. The van der Waals surface area contributed by atoms with Crippen LogP contribution < -0.4 is 10.1 Å². The quantitative estimate of drug-likeness (QED) is 0.671. The van der Waals surface area contributed by atoms with Crippen LogP contribution in [-0.4, -0.2) is 42.5 Å². The van der Waals surface area contributed by atoms with Crippen LogP contribution in [0.1, 0.15) is 31.7 Å². The Kier molecular flexibility index (Phi) is 5.18. The Hall–Kier alpha value is -2.24. The highest BCUT2D eigenvalue weighted by atomic mass is 35.5. The molecule has 5 atom stereocenters. The van der Waals surface area contributed by atoms with E-state index in [1.807, 2.05) is 29.2 Å². The lowest BCUT2D eigenvalue weighted by Gasteiger charge is -2.24. The van der Waals surface area contributed by atoms with Crippen LogP contribution in [0.3, 0.4) is 0 Å². The second-order valence-electron chi connectivity index (χ2n) is 9.77. The third-order valence-electron chi connectivity index (χ3n) is 7.74. The van der Waals surface area contributed by atoms with E-state index in [0.717, 1.165) is 6.42 Å². The van der Waals surface area contributed by atoms with Gasteiger partial charge in [-0.05, 0) is 54.3 Å². The Bertz CT molecular complexity index is 1040. The second kappa shape index (κ2) is 7.67. The average Bonchev–Trinajstić information content (AvgIpc) is 3.61. The van der Waals surface area contributed by atoms with Crippen molar-refractivity contribution in [1.82, 2.24) is 10.2 Å². The normalized spacial score (nSPS) is 32.2. The van der Waals surface area contributed by atoms with Crippen LogP contribution in [0.25, 0.3) is 0 Å². The van der Waals surface area contributed by atoms with Gasteiger partial charge in [0.05, 0.1) is 0 Å². The predicted molar refractivity (Wildman–Crippen MR) is 124 cm³/mol. The fourth-order valence-corrected chi connectivity index (χ4v) is 5.74. The highest BCUT2D eigenvalue weighted by Gasteiger charge is 2.76. The minimum Gasteiger partial charge on any atom is -0.484 e. The number of hydrogen-bond donors (Lipinski definition) is 1. The number of halogens is 2. The van der Waals surface area contributed by atoms with Crippen LogP contribution in [0.2, 0.25) is 10.0 Å². The maximum absolute atomic E-state index is 13.1. The first-order valence-corrected chi connectivity index (χ1v) is 11.7. The molecule has 0 radical (unpaired) electrons. The molecule has 2 aromatic carbocycles. The number of ether oxygens (including phenoxy) is 1. The summed E-state index contributed by atoms with van der Waals surface area (Å²) < 4.78 is 5.56. The Morgan fingerprint density at radius 1 is 1.00 bits per heavy atom. The Balaban J connectivity index is 1.13. The van der Waals surface area contributed by atoms with Crippen molar-refractivity contribution in [2.75, 3.05) is 19.7 Å². The van der Waals surface area contributed by atoms with Gasteiger partial charge in [-0.15, -0.1) is 0 Å². The van der Waals surface area contributed by atoms with Gasteiger partial charge in [-0.1, -0.05) is 49.2 Å². The van der Waals surface area contributed by atoms with E-state index in [4.69, 9.17) is 27.9 Å². The molecular formula is C25H26Cl2N2O3. The second-order valence-corrected chi connectivity index (χ2v) is 10.6. The van der Waals surface area contributed by atoms with Gasteiger partial charge in [-0.2, -0.15) is 0 Å². The average molecular weight is 473 g/mol. The standard InChI is InChI=1S/C25H26Cl2N2O3/c1-24-13-29(22(31)20-11-19(20)15-3-5-16(26)6-4-15)14-25(24,2)23(24)28-21(30)12-32-18-9-7-17(27)8-10-18/h3-10,19-20,23H,11-14H2,1-2H3,(H,28,30)/t19?,20?,23?,24-,25+. The van der Waals surface area contributed by atoms with Gasteiger partial charge in [0.15, 0.2) is 6.61 Å². The minimum atomic E-state index is -0.148. The number of piperidine rings is 1. The number of carbonyl (C=O) groups is 2. The van der Waals surface area contributed by atoms with Crippen LogP contribution in [-0.2, 0) is 9.59 Å². The summed E-state index contributed by atoms with van der Waals surface area (Å²) in [6.45, 7) is 5.63. The van der Waals surface area contributed by atoms with E-state index in [0.29, 0.717) is 28.9 Å². The third kappa shape index (κ3) is 3.65. The zero-order valence-corrected chi connectivity index (χ0v) is 19.6. The number of nitrogens with one attached hydrogen (secondary N) is 1. The van der Waals surface area contributed by atoms with Gasteiger partial charge in [-0.25, -0.2) is 0 Å². The third-order valence-corrected chi connectivity index (χ3v) is 8.24. The van der Waals surface area contributed by atoms with Gasteiger partial charge in [0.25, 0.3) is 5.91 Å². The van der Waals surface area contributed by atoms with E-state index < -0.39 is 0 Å². The van der Waals surface area contributed by atoms with Gasteiger partial charge >= 0.3 is 0 Å². The summed E-state index contributed by atoms with van der Waals surface area (Å²) in [5.41, 5.74) is 0.965. The van der Waals surface area contributed by atoms with Gasteiger partial charge in [0, 0.05) is 45.9 Å². The van der Waals surface area contributed by atoms with E-state index >= 15 is 0 Å². The molecule has 0 bridgehead atoms. The first-order valence-electron chi connectivity index (χ1n) is 10.9. The zero-order chi connectivity index (χ0) is 22.7. The number of likely N-dealkylation sites (tertiary alicyclic amines) is 1. The molecule has 2 amide bonds. The van der Waals surface area contributed by atoms with Crippen LogP contribution in [0.4, 0.5) is 0 Å². The molecule has 1 aliphatic heterocycles. The van der Waals surface area contributed by atoms with Crippen molar-refractivity contribution < 1.29 is 14.3 Å². The summed E-state index contributed by atoms with van der Waals surface area (Å²) in [6, 6.07) is 14.8. The van der Waals surface area contributed by atoms with Crippen LogP contribution in [0.15, 0.2) is 48.5 Å². The van der Waals surface area contributed by atoms with E-state index in [-0.39, 0.29) is 47.1 Å². The lowest BCUT2D eigenvalue weighted by Crippen LogP contribution is -2.42. The molecule has 2 aliphatic carbocycles. The number of benzene rings is 2. The summed E-state index contributed by atoms with van der Waals surface area (Å²) in [6.07, 6.45) is 0.895. The Labute approximate surface area is 198 Å². The summed E-state index contributed by atoms with van der Waals surface area (Å²) in [4.78, 5) is 27.6. The highest BCUT2D eigenvalue weighted by molar-refractivity contribution is 6.30. The van der Waals surface area contributed by atoms with Crippen LogP contribution in [0.5, 0.6) is 5.75 Å². The van der Waals surface area contributed by atoms with Crippen molar-refractivity contribution in [2.45, 2.75) is 32.2 Å². The van der Waals surface area contributed by atoms with E-state index in [2.05, 4.69) is 19.2 Å². The monoisotopic (exact) mass is 472 g/mol. The van der Waals surface area contributed by atoms with Crippen molar-refractivity contribution in [1.29, 1.82) is 0 Å². The first-order chi connectivity index (χ1) is 15.2. The predicted octanol–water partition coefficient (Wildman–Crippen LogP) is 4.53. The lowest BCUT2D eigenvalue weighted by molar-refractivity contribution is -0.132. The Morgan fingerprint density at radius 2 is 1.56 bits per heavy atom. The molecule has 2 saturated carbocycles. The topological polar surface area (TPSA) is 58.6 Å². The molecule has 32 heavy (non-hydrogen) atoms.